The summed E-state index contributed by atoms with van der Waals surface area (Å²) in [5, 5.41) is 2.73. The van der Waals surface area contributed by atoms with Crippen molar-refractivity contribution in [1.29, 1.82) is 0 Å². The van der Waals surface area contributed by atoms with Crippen molar-refractivity contribution < 1.29 is 33.3 Å². The van der Waals surface area contributed by atoms with E-state index < -0.39 is 5.97 Å². The molecule has 30 heavy (non-hydrogen) atoms. The van der Waals surface area contributed by atoms with E-state index >= 15 is 0 Å². The van der Waals surface area contributed by atoms with Gasteiger partial charge in [0.05, 0.1) is 45.8 Å². The van der Waals surface area contributed by atoms with Crippen molar-refractivity contribution in [2.75, 3.05) is 39.9 Å². The van der Waals surface area contributed by atoms with Crippen molar-refractivity contribution in [1.82, 2.24) is 0 Å². The largest absolute Gasteiger partial charge is 0.493 e. The summed E-state index contributed by atoms with van der Waals surface area (Å²) < 4.78 is 26.5. The molecule has 2 rings (SSSR count). The van der Waals surface area contributed by atoms with Gasteiger partial charge in [0.25, 0.3) is 0 Å². The first-order chi connectivity index (χ1) is 14.5. The van der Waals surface area contributed by atoms with Crippen molar-refractivity contribution in [3.05, 3.63) is 42.0 Å². The van der Waals surface area contributed by atoms with Crippen molar-refractivity contribution in [2.24, 2.45) is 0 Å². The van der Waals surface area contributed by atoms with E-state index in [1.54, 1.807) is 0 Å². The van der Waals surface area contributed by atoms with Crippen LogP contribution in [0.5, 0.6) is 23.0 Å². The number of esters is 1. The van der Waals surface area contributed by atoms with Crippen LogP contribution in [0.25, 0.3) is 0 Å². The highest BCUT2D eigenvalue weighted by Gasteiger charge is 2.19. The first kappa shape index (κ1) is 22.9. The second-order valence-electron chi connectivity index (χ2n) is 6.12. The van der Waals surface area contributed by atoms with Crippen LogP contribution in [0, 0.1) is 0 Å². The number of nitrogens with one attached hydrogen (secondary N) is 1. The van der Waals surface area contributed by atoms with Gasteiger partial charge in [-0.1, -0.05) is 12.1 Å². The molecule has 0 saturated heterocycles. The topological polar surface area (TPSA) is 92.3 Å². The van der Waals surface area contributed by atoms with Gasteiger partial charge in [-0.25, -0.2) is 4.79 Å². The fourth-order valence-corrected chi connectivity index (χ4v) is 2.73. The molecule has 8 heteroatoms. The minimum atomic E-state index is -0.595. The summed E-state index contributed by atoms with van der Waals surface area (Å²) in [6, 6.07) is 10.4. The zero-order chi connectivity index (χ0) is 21.9. The van der Waals surface area contributed by atoms with E-state index in [-0.39, 0.29) is 23.6 Å². The number of amides is 1. The van der Waals surface area contributed by atoms with Crippen molar-refractivity contribution in [3.8, 4) is 23.0 Å². The molecule has 8 nitrogen and oxygen atoms in total. The average Bonchev–Trinajstić information content (AvgIpc) is 2.77. The normalized spacial score (nSPS) is 10.1. The first-order valence-corrected chi connectivity index (χ1v) is 9.52. The van der Waals surface area contributed by atoms with Crippen LogP contribution in [0.15, 0.2) is 36.4 Å². The number of hydrogen-bond donors (Lipinski definition) is 1. The SMILES string of the molecule is CCOc1ccccc1OCCCC(=O)Nc1cc(OC)c(OC)cc1C(=O)OC. The molecule has 0 radical (unpaired) electrons. The lowest BCUT2D eigenvalue weighted by Crippen LogP contribution is -2.16. The fourth-order valence-electron chi connectivity index (χ4n) is 2.73. The van der Waals surface area contributed by atoms with Crippen molar-refractivity contribution >= 4 is 17.6 Å². The molecule has 0 fully saturated rings. The molecule has 0 bridgehead atoms. The first-order valence-electron chi connectivity index (χ1n) is 9.52. The Labute approximate surface area is 176 Å². The third kappa shape index (κ3) is 6.04. The molecule has 0 atom stereocenters. The maximum atomic E-state index is 12.4. The molecule has 0 unspecified atom stereocenters. The molecule has 0 aliphatic rings. The lowest BCUT2D eigenvalue weighted by Gasteiger charge is -2.15. The predicted molar refractivity (Wildman–Crippen MR) is 112 cm³/mol. The summed E-state index contributed by atoms with van der Waals surface area (Å²) in [6.45, 7) is 2.78. The predicted octanol–water partition coefficient (Wildman–Crippen LogP) is 3.69. The Morgan fingerprint density at radius 1 is 0.900 bits per heavy atom. The van der Waals surface area contributed by atoms with E-state index in [0.717, 1.165) is 0 Å². The fraction of sp³-hybridized carbons (Fsp3) is 0.364. The van der Waals surface area contributed by atoms with Crippen LogP contribution in [0.4, 0.5) is 5.69 Å². The maximum absolute atomic E-state index is 12.4. The van der Waals surface area contributed by atoms with E-state index in [9.17, 15) is 9.59 Å². The molecule has 2 aromatic rings. The number of para-hydroxylation sites is 2. The summed E-state index contributed by atoms with van der Waals surface area (Å²) in [6.07, 6.45) is 0.679. The second kappa shape index (κ2) is 11.5. The molecule has 0 spiro atoms. The highest BCUT2D eigenvalue weighted by molar-refractivity contribution is 6.02. The lowest BCUT2D eigenvalue weighted by molar-refractivity contribution is -0.116. The molecule has 0 heterocycles. The zero-order valence-corrected chi connectivity index (χ0v) is 17.7. The Hall–Kier alpha value is -3.42. The molecule has 0 aliphatic heterocycles. The number of ether oxygens (including phenoxy) is 5. The highest BCUT2D eigenvalue weighted by atomic mass is 16.5. The van der Waals surface area contributed by atoms with Gasteiger partial charge in [0.1, 0.15) is 0 Å². The summed E-state index contributed by atoms with van der Waals surface area (Å²) in [7, 11) is 4.20. The van der Waals surface area contributed by atoms with Crippen LogP contribution in [0.2, 0.25) is 0 Å². The van der Waals surface area contributed by atoms with Crippen LogP contribution in [-0.2, 0) is 9.53 Å². The van der Waals surface area contributed by atoms with Crippen molar-refractivity contribution in [2.45, 2.75) is 19.8 Å². The van der Waals surface area contributed by atoms with E-state index in [2.05, 4.69) is 5.32 Å². The minimum absolute atomic E-state index is 0.172. The molecular weight excluding hydrogens is 390 g/mol. The molecule has 0 aromatic heterocycles. The minimum Gasteiger partial charge on any atom is -0.493 e. The number of benzene rings is 2. The van der Waals surface area contributed by atoms with Gasteiger partial charge < -0.3 is 29.0 Å². The van der Waals surface area contributed by atoms with Gasteiger partial charge in [0.2, 0.25) is 5.91 Å². The quantitative estimate of drug-likeness (QED) is 0.440. The average molecular weight is 417 g/mol. The Morgan fingerprint density at radius 3 is 2.13 bits per heavy atom. The van der Waals surface area contributed by atoms with Gasteiger partial charge in [0, 0.05) is 18.6 Å². The Morgan fingerprint density at radius 2 is 1.53 bits per heavy atom. The summed E-state index contributed by atoms with van der Waals surface area (Å²) >= 11 is 0. The van der Waals surface area contributed by atoms with E-state index in [4.69, 9.17) is 23.7 Å². The molecule has 2 aromatic carbocycles. The smallest absolute Gasteiger partial charge is 0.340 e. The molecule has 1 N–H and O–H groups in total. The molecular formula is C22H27NO7. The Kier molecular flexibility index (Phi) is 8.80. The number of carbonyl (C=O) groups excluding carboxylic acids is 2. The number of anilines is 1. The molecule has 0 aliphatic carbocycles. The highest BCUT2D eigenvalue weighted by Crippen LogP contribution is 2.34. The molecule has 1 amide bonds. The Balaban J connectivity index is 1.98. The van der Waals surface area contributed by atoms with Crippen LogP contribution in [-0.4, -0.2) is 46.4 Å². The van der Waals surface area contributed by atoms with Crippen LogP contribution >= 0.6 is 0 Å². The van der Waals surface area contributed by atoms with E-state index in [0.29, 0.717) is 42.6 Å². The van der Waals surface area contributed by atoms with Crippen LogP contribution < -0.4 is 24.3 Å². The van der Waals surface area contributed by atoms with Crippen molar-refractivity contribution in [3.63, 3.8) is 0 Å². The zero-order valence-electron chi connectivity index (χ0n) is 17.7. The summed E-state index contributed by atoms with van der Waals surface area (Å²) in [5.74, 6) is 1.18. The van der Waals surface area contributed by atoms with Gasteiger partial charge in [-0.3, -0.25) is 4.79 Å². The third-order valence-electron chi connectivity index (χ3n) is 4.16. The number of carbonyl (C=O) groups is 2. The lowest BCUT2D eigenvalue weighted by atomic mass is 10.1. The van der Waals surface area contributed by atoms with Gasteiger partial charge in [-0.2, -0.15) is 0 Å². The number of hydrogen-bond acceptors (Lipinski definition) is 7. The molecule has 0 saturated carbocycles. The van der Waals surface area contributed by atoms with E-state index in [1.807, 2.05) is 31.2 Å². The van der Waals surface area contributed by atoms with Gasteiger partial charge in [0.15, 0.2) is 23.0 Å². The monoisotopic (exact) mass is 417 g/mol. The van der Waals surface area contributed by atoms with Gasteiger partial charge >= 0.3 is 5.97 Å². The number of methoxy groups -OCH3 is 3. The molecule has 162 valence electrons. The van der Waals surface area contributed by atoms with Gasteiger partial charge in [-0.05, 0) is 25.5 Å². The summed E-state index contributed by atoms with van der Waals surface area (Å²) in [4.78, 5) is 24.5. The summed E-state index contributed by atoms with van der Waals surface area (Å²) in [5.41, 5.74) is 0.456. The van der Waals surface area contributed by atoms with Crippen LogP contribution in [0.1, 0.15) is 30.1 Å². The van der Waals surface area contributed by atoms with Gasteiger partial charge in [-0.15, -0.1) is 0 Å². The Bertz CT molecular complexity index is 867. The van der Waals surface area contributed by atoms with Crippen LogP contribution in [0.3, 0.4) is 0 Å². The maximum Gasteiger partial charge on any atom is 0.340 e. The second-order valence-corrected chi connectivity index (χ2v) is 6.12. The van der Waals surface area contributed by atoms with E-state index in [1.165, 1.54) is 33.5 Å². The third-order valence-corrected chi connectivity index (χ3v) is 4.16. The number of rotatable bonds is 11. The standard InChI is InChI=1S/C22H27NO7/c1-5-29-17-9-6-7-10-18(17)30-12-8-11-21(24)23-16-14-20(27-3)19(26-2)13-15(16)22(25)28-4/h6-7,9-10,13-14H,5,8,11-12H2,1-4H3,(H,23,24).